The third kappa shape index (κ3) is 4.75. The molecule has 3 heteroatoms. The van der Waals surface area contributed by atoms with Gasteiger partial charge >= 0.3 is 0 Å². The summed E-state index contributed by atoms with van der Waals surface area (Å²) in [5, 5.41) is 9.07. The summed E-state index contributed by atoms with van der Waals surface area (Å²) in [5.74, 6) is 3.07. The lowest BCUT2D eigenvalue weighted by atomic mass is 9.86. The van der Waals surface area contributed by atoms with Crippen molar-refractivity contribution in [2.75, 3.05) is 31.7 Å². The zero-order valence-corrected chi connectivity index (χ0v) is 10.9. The number of thioether (sulfide) groups is 1. The molecule has 15 heavy (non-hydrogen) atoms. The van der Waals surface area contributed by atoms with Crippen LogP contribution in [0.15, 0.2) is 0 Å². The highest BCUT2D eigenvalue weighted by Crippen LogP contribution is 2.26. The summed E-state index contributed by atoms with van der Waals surface area (Å²) >= 11 is 2.02. The fourth-order valence-electron chi connectivity index (χ4n) is 2.30. The minimum absolute atomic E-state index is 0.391. The molecule has 0 spiro atoms. The van der Waals surface area contributed by atoms with Crippen molar-refractivity contribution in [3.63, 3.8) is 0 Å². The molecule has 0 radical (unpaired) electrons. The predicted molar refractivity (Wildman–Crippen MR) is 68.5 cm³/mol. The van der Waals surface area contributed by atoms with Crippen molar-refractivity contribution < 1.29 is 5.11 Å². The molecule has 0 aliphatic heterocycles. The lowest BCUT2D eigenvalue weighted by Gasteiger charge is -2.34. The number of hydrogen-bond donors (Lipinski definition) is 1. The van der Waals surface area contributed by atoms with Crippen LogP contribution in [-0.4, -0.2) is 47.8 Å². The average Bonchev–Trinajstić information content (AvgIpc) is 2.29. The van der Waals surface area contributed by atoms with E-state index in [2.05, 4.69) is 18.9 Å². The maximum Gasteiger partial charge on any atom is 0.0459 e. The molecule has 0 aromatic rings. The molecule has 0 unspecified atom stereocenters. The van der Waals surface area contributed by atoms with Crippen LogP contribution in [0.25, 0.3) is 0 Å². The Morgan fingerprint density at radius 2 is 1.93 bits per heavy atom. The Balaban J connectivity index is 2.15. The summed E-state index contributed by atoms with van der Waals surface area (Å²) in [7, 11) is 2.25. The Bertz CT molecular complexity index is 158. The Kier molecular flexibility index (Phi) is 6.69. The molecule has 1 fully saturated rings. The van der Waals surface area contributed by atoms with E-state index in [1.54, 1.807) is 0 Å². The van der Waals surface area contributed by atoms with Crippen LogP contribution in [0, 0.1) is 5.92 Å². The molecule has 0 amide bonds. The van der Waals surface area contributed by atoms with E-state index in [1.807, 2.05) is 11.8 Å². The van der Waals surface area contributed by atoms with Crippen molar-refractivity contribution in [1.82, 2.24) is 4.90 Å². The van der Waals surface area contributed by atoms with Crippen molar-refractivity contribution in [1.29, 1.82) is 0 Å². The van der Waals surface area contributed by atoms with Crippen LogP contribution >= 0.6 is 11.8 Å². The molecule has 1 rings (SSSR count). The minimum Gasteiger partial charge on any atom is -0.396 e. The highest BCUT2D eigenvalue weighted by atomic mass is 32.2. The van der Waals surface area contributed by atoms with E-state index in [9.17, 15) is 0 Å². The Morgan fingerprint density at radius 3 is 2.47 bits per heavy atom. The van der Waals surface area contributed by atoms with E-state index in [1.165, 1.54) is 43.7 Å². The first-order valence-electron chi connectivity index (χ1n) is 6.16. The van der Waals surface area contributed by atoms with Crippen molar-refractivity contribution >= 4 is 11.8 Å². The van der Waals surface area contributed by atoms with Gasteiger partial charge in [0.15, 0.2) is 0 Å². The first-order valence-corrected chi connectivity index (χ1v) is 7.32. The number of nitrogens with zero attached hydrogens (tertiary/aromatic N) is 1. The zero-order chi connectivity index (χ0) is 11.1. The van der Waals surface area contributed by atoms with Gasteiger partial charge in [-0.15, -0.1) is 0 Å². The summed E-state index contributed by atoms with van der Waals surface area (Å²) < 4.78 is 0. The SMILES string of the molecule is CCSCCN(C)C1CCC(CO)CC1. The third-order valence-corrected chi connectivity index (χ3v) is 4.37. The molecule has 90 valence electrons. The van der Waals surface area contributed by atoms with Crippen molar-refractivity contribution in [3.8, 4) is 0 Å². The van der Waals surface area contributed by atoms with Crippen LogP contribution in [0.2, 0.25) is 0 Å². The second-order valence-electron chi connectivity index (χ2n) is 4.53. The van der Waals surface area contributed by atoms with E-state index >= 15 is 0 Å². The van der Waals surface area contributed by atoms with Crippen LogP contribution in [0.5, 0.6) is 0 Å². The van der Waals surface area contributed by atoms with E-state index in [-0.39, 0.29) is 0 Å². The fourth-order valence-corrected chi connectivity index (χ4v) is 3.01. The molecular formula is C12H25NOS. The Labute approximate surface area is 98.4 Å². The maximum absolute atomic E-state index is 9.07. The van der Waals surface area contributed by atoms with E-state index in [0.717, 1.165) is 6.04 Å². The van der Waals surface area contributed by atoms with Crippen molar-refractivity contribution in [2.24, 2.45) is 5.92 Å². The molecule has 0 atom stereocenters. The lowest BCUT2D eigenvalue weighted by Crippen LogP contribution is -2.37. The highest BCUT2D eigenvalue weighted by molar-refractivity contribution is 7.99. The molecule has 1 aliphatic carbocycles. The van der Waals surface area contributed by atoms with Gasteiger partial charge < -0.3 is 10.0 Å². The van der Waals surface area contributed by atoms with Gasteiger partial charge in [-0.1, -0.05) is 6.92 Å². The molecule has 2 nitrogen and oxygen atoms in total. The Morgan fingerprint density at radius 1 is 1.27 bits per heavy atom. The van der Waals surface area contributed by atoms with Crippen molar-refractivity contribution in [2.45, 2.75) is 38.6 Å². The Hall–Kier alpha value is 0.270. The van der Waals surface area contributed by atoms with Gasteiger partial charge in [-0.05, 0) is 44.4 Å². The number of aliphatic hydroxyl groups excluding tert-OH is 1. The second kappa shape index (κ2) is 7.53. The number of rotatable bonds is 6. The smallest absolute Gasteiger partial charge is 0.0459 e. The first-order chi connectivity index (χ1) is 7.27. The van der Waals surface area contributed by atoms with Crippen LogP contribution in [-0.2, 0) is 0 Å². The van der Waals surface area contributed by atoms with Gasteiger partial charge in [0.2, 0.25) is 0 Å². The largest absolute Gasteiger partial charge is 0.396 e. The van der Waals surface area contributed by atoms with Gasteiger partial charge in [-0.2, -0.15) is 11.8 Å². The highest BCUT2D eigenvalue weighted by Gasteiger charge is 2.22. The summed E-state index contributed by atoms with van der Waals surface area (Å²) in [6.07, 6.45) is 4.98. The molecule has 0 aromatic heterocycles. The quantitative estimate of drug-likeness (QED) is 0.709. The van der Waals surface area contributed by atoms with E-state index < -0.39 is 0 Å². The first kappa shape index (κ1) is 13.3. The zero-order valence-electron chi connectivity index (χ0n) is 10.1. The van der Waals surface area contributed by atoms with Gasteiger partial charge in [-0.25, -0.2) is 0 Å². The van der Waals surface area contributed by atoms with E-state index in [0.29, 0.717) is 12.5 Å². The molecular weight excluding hydrogens is 206 g/mol. The monoisotopic (exact) mass is 231 g/mol. The molecule has 1 aliphatic rings. The van der Waals surface area contributed by atoms with Crippen LogP contribution in [0.3, 0.4) is 0 Å². The number of aliphatic hydroxyl groups is 1. The molecule has 0 saturated heterocycles. The fraction of sp³-hybridized carbons (Fsp3) is 1.00. The predicted octanol–water partition coefficient (Wildman–Crippen LogP) is 2.22. The average molecular weight is 231 g/mol. The summed E-state index contributed by atoms with van der Waals surface area (Å²) in [6, 6.07) is 0.769. The number of hydrogen-bond acceptors (Lipinski definition) is 3. The summed E-state index contributed by atoms with van der Waals surface area (Å²) in [4.78, 5) is 2.51. The normalized spacial score (nSPS) is 27.2. The summed E-state index contributed by atoms with van der Waals surface area (Å²) in [5.41, 5.74) is 0. The molecule has 0 heterocycles. The second-order valence-corrected chi connectivity index (χ2v) is 5.93. The van der Waals surface area contributed by atoms with Gasteiger partial charge in [0.1, 0.15) is 0 Å². The molecule has 0 bridgehead atoms. The van der Waals surface area contributed by atoms with Crippen LogP contribution in [0.4, 0.5) is 0 Å². The molecule has 1 N–H and O–H groups in total. The lowest BCUT2D eigenvalue weighted by molar-refractivity contribution is 0.132. The minimum atomic E-state index is 0.391. The van der Waals surface area contributed by atoms with E-state index in [4.69, 9.17) is 5.11 Å². The summed E-state index contributed by atoms with van der Waals surface area (Å²) in [6.45, 7) is 3.83. The van der Waals surface area contributed by atoms with Gasteiger partial charge in [0, 0.05) is 24.9 Å². The van der Waals surface area contributed by atoms with Crippen LogP contribution < -0.4 is 0 Å². The van der Waals surface area contributed by atoms with Crippen LogP contribution in [0.1, 0.15) is 32.6 Å². The standard InChI is InChI=1S/C12H25NOS/c1-3-15-9-8-13(2)12-6-4-11(10-14)5-7-12/h11-12,14H,3-10H2,1-2H3. The topological polar surface area (TPSA) is 23.5 Å². The maximum atomic E-state index is 9.07. The van der Waals surface area contributed by atoms with Gasteiger partial charge in [0.25, 0.3) is 0 Å². The van der Waals surface area contributed by atoms with Gasteiger partial charge in [-0.3, -0.25) is 0 Å². The molecule has 1 saturated carbocycles. The van der Waals surface area contributed by atoms with Gasteiger partial charge in [0.05, 0.1) is 0 Å². The molecule has 0 aromatic carbocycles. The van der Waals surface area contributed by atoms with Crippen molar-refractivity contribution in [3.05, 3.63) is 0 Å². The third-order valence-electron chi connectivity index (χ3n) is 3.49.